The summed E-state index contributed by atoms with van der Waals surface area (Å²) in [5, 5.41) is 12.3. The van der Waals surface area contributed by atoms with Gasteiger partial charge in [0.1, 0.15) is 0 Å². The summed E-state index contributed by atoms with van der Waals surface area (Å²) in [6, 6.07) is 0. The molecule has 1 rings (SSSR count). The summed E-state index contributed by atoms with van der Waals surface area (Å²) in [7, 11) is 0. The number of hydrogen-bond acceptors (Lipinski definition) is 4. The molecule has 1 aromatic heterocycles. The van der Waals surface area contributed by atoms with Gasteiger partial charge in [-0.15, -0.1) is 11.3 Å². The van der Waals surface area contributed by atoms with E-state index in [9.17, 15) is 9.59 Å². The Balaban J connectivity index is 2.62. The number of carbonyl (C=O) groups excluding carboxylic acids is 1. The van der Waals surface area contributed by atoms with E-state index in [1.165, 1.54) is 25.2 Å². The molecule has 1 aromatic rings. The van der Waals surface area contributed by atoms with Crippen LogP contribution in [-0.4, -0.2) is 22.0 Å². The molecule has 0 fully saturated rings. The van der Waals surface area contributed by atoms with Gasteiger partial charge in [0.05, 0.1) is 11.6 Å². The van der Waals surface area contributed by atoms with Crippen LogP contribution in [0.2, 0.25) is 0 Å². The molecule has 92 valence electrons. The third-order valence-corrected chi connectivity index (χ3v) is 3.23. The summed E-state index contributed by atoms with van der Waals surface area (Å²) in [5.41, 5.74) is 0.279. The van der Waals surface area contributed by atoms with Crippen molar-refractivity contribution in [3.63, 3.8) is 0 Å². The Bertz CT molecular complexity index is 477. The number of thiazole rings is 1. The second-order valence-corrected chi connectivity index (χ2v) is 4.90. The van der Waals surface area contributed by atoms with Crippen LogP contribution in [0.4, 0.5) is 0 Å². The van der Waals surface area contributed by atoms with Crippen molar-refractivity contribution in [2.75, 3.05) is 0 Å². The summed E-state index contributed by atoms with van der Waals surface area (Å²) in [4.78, 5) is 27.3. The highest BCUT2D eigenvalue weighted by atomic mass is 32.1. The van der Waals surface area contributed by atoms with Crippen molar-refractivity contribution in [3.8, 4) is 0 Å². The molecule has 0 spiro atoms. The maximum atomic E-state index is 11.6. The lowest BCUT2D eigenvalue weighted by molar-refractivity contribution is -0.133. The monoisotopic (exact) mass is 254 g/mol. The number of aliphatic carboxylic acids is 1. The maximum absolute atomic E-state index is 11.6. The molecule has 1 heterocycles. The number of carboxylic acid groups (broad SMARTS) is 1. The number of aromatic nitrogens is 1. The number of hydrogen-bond donors (Lipinski definition) is 2. The second kappa shape index (κ2) is 5.58. The van der Waals surface area contributed by atoms with Crippen molar-refractivity contribution in [1.29, 1.82) is 0 Å². The Labute approximate surface area is 103 Å². The molecule has 0 saturated carbocycles. The first-order valence-corrected chi connectivity index (χ1v) is 5.83. The fraction of sp³-hybridized carbons (Fsp3) is 0.364. The number of nitrogens with zero attached hydrogens (tertiary/aromatic N) is 1. The van der Waals surface area contributed by atoms with Crippen molar-refractivity contribution in [3.05, 3.63) is 27.2 Å². The standard InChI is InChI=1S/C11H14N2O3S/c1-6(7(2)11(15)16)10(14)13-5-9-4-12-8(3)17-9/h4H,5H2,1-3H3,(H,13,14)(H,15,16). The van der Waals surface area contributed by atoms with Crippen molar-refractivity contribution in [1.82, 2.24) is 10.3 Å². The molecular formula is C11H14N2O3S. The summed E-state index contributed by atoms with van der Waals surface area (Å²) in [6.45, 7) is 5.16. The third kappa shape index (κ3) is 3.67. The molecule has 2 N–H and O–H groups in total. The van der Waals surface area contributed by atoms with Crippen molar-refractivity contribution in [2.24, 2.45) is 0 Å². The topological polar surface area (TPSA) is 79.3 Å². The molecule has 0 aliphatic carbocycles. The highest BCUT2D eigenvalue weighted by molar-refractivity contribution is 7.11. The van der Waals surface area contributed by atoms with Gasteiger partial charge in [0.15, 0.2) is 0 Å². The fourth-order valence-corrected chi connectivity index (χ4v) is 1.85. The van der Waals surface area contributed by atoms with Crippen molar-refractivity contribution < 1.29 is 14.7 Å². The molecule has 6 heteroatoms. The van der Waals surface area contributed by atoms with Gasteiger partial charge in [-0.3, -0.25) is 4.79 Å². The van der Waals surface area contributed by atoms with Gasteiger partial charge in [0, 0.05) is 22.2 Å². The molecular weight excluding hydrogens is 240 g/mol. The first kappa shape index (κ1) is 13.4. The van der Waals surface area contributed by atoms with Crippen LogP contribution in [0.1, 0.15) is 23.7 Å². The van der Waals surface area contributed by atoms with Crippen molar-refractivity contribution >= 4 is 23.2 Å². The molecule has 0 aliphatic heterocycles. The molecule has 5 nitrogen and oxygen atoms in total. The number of aryl methyl sites for hydroxylation is 1. The van der Waals surface area contributed by atoms with Crippen LogP contribution in [0, 0.1) is 6.92 Å². The molecule has 0 bridgehead atoms. The van der Waals surface area contributed by atoms with Crippen molar-refractivity contribution in [2.45, 2.75) is 27.3 Å². The first-order chi connectivity index (χ1) is 7.91. The number of nitrogens with one attached hydrogen (secondary N) is 1. The van der Waals surface area contributed by atoms with E-state index in [2.05, 4.69) is 10.3 Å². The summed E-state index contributed by atoms with van der Waals surface area (Å²) >= 11 is 1.50. The lowest BCUT2D eigenvalue weighted by Crippen LogP contribution is -2.24. The highest BCUT2D eigenvalue weighted by Crippen LogP contribution is 2.11. The van der Waals surface area contributed by atoms with Gasteiger partial charge in [0.25, 0.3) is 0 Å². The molecule has 0 radical (unpaired) electrons. The molecule has 0 saturated heterocycles. The summed E-state index contributed by atoms with van der Waals surface area (Å²) in [5.74, 6) is -1.44. The molecule has 0 aromatic carbocycles. The van der Waals surface area contributed by atoms with E-state index < -0.39 is 5.97 Å². The lowest BCUT2D eigenvalue weighted by Gasteiger charge is -2.05. The van der Waals surface area contributed by atoms with Gasteiger partial charge in [-0.25, -0.2) is 9.78 Å². The Morgan fingerprint density at radius 1 is 1.41 bits per heavy atom. The third-order valence-electron chi connectivity index (χ3n) is 2.32. The average molecular weight is 254 g/mol. The quantitative estimate of drug-likeness (QED) is 0.798. The minimum atomic E-state index is -1.08. The summed E-state index contributed by atoms with van der Waals surface area (Å²) in [6.07, 6.45) is 1.70. The van der Waals surface area contributed by atoms with Gasteiger partial charge < -0.3 is 10.4 Å². The second-order valence-electron chi connectivity index (χ2n) is 3.58. The van der Waals surface area contributed by atoms with Crippen LogP contribution in [-0.2, 0) is 16.1 Å². The highest BCUT2D eigenvalue weighted by Gasteiger charge is 2.12. The number of amides is 1. The Morgan fingerprint density at radius 2 is 2.06 bits per heavy atom. The van der Waals surface area contributed by atoms with E-state index in [4.69, 9.17) is 5.11 Å². The van der Waals surface area contributed by atoms with E-state index in [0.29, 0.717) is 6.54 Å². The van der Waals surface area contributed by atoms with E-state index >= 15 is 0 Å². The molecule has 0 aliphatic rings. The van der Waals surface area contributed by atoms with Gasteiger partial charge >= 0.3 is 5.97 Å². The Kier molecular flexibility index (Phi) is 4.39. The average Bonchev–Trinajstić information content (AvgIpc) is 2.69. The smallest absolute Gasteiger partial charge is 0.331 e. The van der Waals surface area contributed by atoms with Gasteiger partial charge in [-0.1, -0.05) is 0 Å². The minimum absolute atomic E-state index is 0.0583. The Morgan fingerprint density at radius 3 is 2.53 bits per heavy atom. The van der Waals surface area contributed by atoms with E-state index in [0.717, 1.165) is 9.88 Å². The molecule has 17 heavy (non-hydrogen) atoms. The number of carbonyl (C=O) groups is 2. The van der Waals surface area contributed by atoms with E-state index in [-0.39, 0.29) is 17.1 Å². The fourth-order valence-electron chi connectivity index (χ4n) is 1.12. The van der Waals surface area contributed by atoms with Crippen LogP contribution in [0.3, 0.4) is 0 Å². The predicted molar refractivity (Wildman–Crippen MR) is 64.7 cm³/mol. The lowest BCUT2D eigenvalue weighted by atomic mass is 10.1. The van der Waals surface area contributed by atoms with Crippen LogP contribution >= 0.6 is 11.3 Å². The molecule has 0 unspecified atom stereocenters. The van der Waals surface area contributed by atoms with Crippen LogP contribution in [0.5, 0.6) is 0 Å². The normalized spacial score (nSPS) is 11.9. The predicted octanol–water partition coefficient (Wildman–Crippen LogP) is 1.49. The SMILES string of the molecule is CC(C(=O)O)=C(C)C(=O)NCc1cnc(C)s1. The van der Waals surface area contributed by atoms with Crippen LogP contribution < -0.4 is 5.32 Å². The number of rotatable bonds is 4. The van der Waals surface area contributed by atoms with Crippen LogP contribution in [0.15, 0.2) is 17.3 Å². The molecule has 0 atom stereocenters. The zero-order valence-corrected chi connectivity index (χ0v) is 10.7. The van der Waals surface area contributed by atoms with Gasteiger partial charge in [0.2, 0.25) is 5.91 Å². The zero-order valence-electron chi connectivity index (χ0n) is 9.90. The van der Waals surface area contributed by atoms with E-state index in [1.54, 1.807) is 6.20 Å². The minimum Gasteiger partial charge on any atom is -0.478 e. The maximum Gasteiger partial charge on any atom is 0.331 e. The summed E-state index contributed by atoms with van der Waals surface area (Å²) < 4.78 is 0. The van der Waals surface area contributed by atoms with Crippen LogP contribution in [0.25, 0.3) is 0 Å². The van der Waals surface area contributed by atoms with E-state index in [1.807, 2.05) is 6.92 Å². The number of carboxylic acids is 1. The first-order valence-electron chi connectivity index (χ1n) is 5.02. The Hall–Kier alpha value is -1.69. The van der Waals surface area contributed by atoms with Gasteiger partial charge in [-0.2, -0.15) is 0 Å². The van der Waals surface area contributed by atoms with Gasteiger partial charge in [-0.05, 0) is 20.8 Å². The zero-order chi connectivity index (χ0) is 13.0. The molecule has 1 amide bonds. The largest absolute Gasteiger partial charge is 0.478 e.